The second-order valence-corrected chi connectivity index (χ2v) is 15.8. The van der Waals surface area contributed by atoms with Gasteiger partial charge in [-0.1, -0.05) is 218 Å². The summed E-state index contributed by atoms with van der Waals surface area (Å²) in [7, 11) is 0. The maximum Gasteiger partial charge on any atom is 0.169 e. The molecule has 1 fully saturated rings. The summed E-state index contributed by atoms with van der Waals surface area (Å²) >= 11 is 0. The zero-order chi connectivity index (χ0) is 40.5. The van der Waals surface area contributed by atoms with Crippen molar-refractivity contribution in [3.63, 3.8) is 0 Å². The summed E-state index contributed by atoms with van der Waals surface area (Å²) in [6.45, 7) is 3.53. The molecule has 2 N–H and O–H groups in total. The Morgan fingerprint density at radius 3 is 0.763 bits per heavy atom. The Hall–Kier alpha value is -6.40. The van der Waals surface area contributed by atoms with Crippen molar-refractivity contribution < 1.29 is 19.7 Å². The first-order valence-electron chi connectivity index (χ1n) is 20.1. The Bertz CT molecular complexity index is 2280. The lowest BCUT2D eigenvalue weighted by Crippen LogP contribution is -2.67. The Morgan fingerprint density at radius 1 is 0.339 bits per heavy atom. The second-order valence-electron chi connectivity index (χ2n) is 15.8. The van der Waals surface area contributed by atoms with Crippen molar-refractivity contribution in [2.75, 3.05) is 6.61 Å². The first kappa shape index (κ1) is 38.1. The molecule has 4 nitrogen and oxygen atoms in total. The fourth-order valence-electron chi connectivity index (χ4n) is 8.78. The molecule has 9 rings (SSSR count). The van der Waals surface area contributed by atoms with Crippen molar-refractivity contribution in [3.05, 3.63) is 241 Å². The van der Waals surface area contributed by atoms with E-state index < -0.39 is 22.6 Å². The van der Waals surface area contributed by atoms with Crippen LogP contribution in [0.4, 0.5) is 0 Å². The van der Waals surface area contributed by atoms with Crippen molar-refractivity contribution in [1.29, 1.82) is 0 Å². The first-order chi connectivity index (χ1) is 28.7. The average molecular weight is 771 g/mol. The highest BCUT2D eigenvalue weighted by Gasteiger charge is 2.71. The van der Waals surface area contributed by atoms with Crippen molar-refractivity contribution in [2.24, 2.45) is 0 Å². The minimum atomic E-state index is -1.99. The molecule has 1 aliphatic rings. The lowest BCUT2D eigenvalue weighted by Gasteiger charge is -2.53. The highest BCUT2D eigenvalue weighted by molar-refractivity contribution is 5.69. The molecular weight excluding hydrogens is 725 g/mol. The van der Waals surface area contributed by atoms with Crippen LogP contribution in [-0.4, -0.2) is 28.2 Å². The lowest BCUT2D eigenvalue weighted by molar-refractivity contribution is -0.264. The van der Waals surface area contributed by atoms with Gasteiger partial charge in [0.1, 0.15) is 11.2 Å². The van der Waals surface area contributed by atoms with Crippen molar-refractivity contribution in [1.82, 2.24) is 0 Å². The number of hydrogen-bond acceptors (Lipinski definition) is 4. The number of aliphatic hydroxyl groups is 2. The van der Waals surface area contributed by atoms with Crippen LogP contribution in [0, 0.1) is 0 Å². The van der Waals surface area contributed by atoms with Crippen LogP contribution in [0.25, 0.3) is 44.5 Å². The molecule has 290 valence electrons. The standard InChI is InChI=1S/C55H46O4/c1-52(2)58-39-53(59-52,54(56,48-31-23-44(24-32-48)40-15-7-3-8-16-40)49-33-25-45(26-34-49)41-17-9-4-10-18-41)55(57,50-35-27-46(28-36-50)42-19-11-5-12-20-42)51-37-29-47(30-38-51)43-21-13-6-14-22-43/h3-38,56-57H,39H2,1-2H3. The van der Waals surface area contributed by atoms with Gasteiger partial charge in [-0.2, -0.15) is 0 Å². The first-order valence-corrected chi connectivity index (χ1v) is 20.1. The molecular formula is C55H46O4. The van der Waals surface area contributed by atoms with E-state index in [1.807, 2.05) is 184 Å². The maximum atomic E-state index is 14.2. The summed E-state index contributed by atoms with van der Waals surface area (Å²) in [6.07, 6.45) is 0. The molecule has 1 saturated heterocycles. The molecule has 0 aliphatic carbocycles. The minimum Gasteiger partial charge on any atom is -0.377 e. The predicted octanol–water partition coefficient (Wildman–Crippen LogP) is 12.0. The van der Waals surface area contributed by atoms with Crippen molar-refractivity contribution in [2.45, 2.75) is 36.4 Å². The Balaban J connectivity index is 1.30. The van der Waals surface area contributed by atoms with Crippen LogP contribution in [0.5, 0.6) is 0 Å². The zero-order valence-electron chi connectivity index (χ0n) is 33.2. The molecule has 0 atom stereocenters. The Labute approximate surface area is 346 Å². The largest absolute Gasteiger partial charge is 0.377 e. The van der Waals surface area contributed by atoms with Crippen LogP contribution in [0.15, 0.2) is 218 Å². The molecule has 0 unspecified atom stereocenters. The fourth-order valence-corrected chi connectivity index (χ4v) is 8.78. The van der Waals surface area contributed by atoms with Gasteiger partial charge in [-0.3, -0.25) is 0 Å². The normalized spacial score (nSPS) is 14.8. The van der Waals surface area contributed by atoms with Gasteiger partial charge in [-0.25, -0.2) is 0 Å². The van der Waals surface area contributed by atoms with E-state index in [9.17, 15) is 10.2 Å². The molecule has 1 heterocycles. The average Bonchev–Trinajstić information content (AvgIpc) is 3.66. The molecule has 0 bridgehead atoms. The number of ether oxygens (including phenoxy) is 2. The van der Waals surface area contributed by atoms with Gasteiger partial charge in [0, 0.05) is 0 Å². The van der Waals surface area contributed by atoms with Gasteiger partial charge in [0.2, 0.25) is 0 Å². The molecule has 8 aromatic rings. The van der Waals surface area contributed by atoms with Gasteiger partial charge < -0.3 is 19.7 Å². The number of rotatable bonds is 10. The predicted molar refractivity (Wildman–Crippen MR) is 237 cm³/mol. The molecule has 59 heavy (non-hydrogen) atoms. The van der Waals surface area contributed by atoms with Crippen LogP contribution >= 0.6 is 0 Å². The summed E-state index contributed by atoms with van der Waals surface area (Å²) < 4.78 is 13.8. The smallest absolute Gasteiger partial charge is 0.169 e. The quantitative estimate of drug-likeness (QED) is 0.145. The molecule has 0 saturated carbocycles. The van der Waals surface area contributed by atoms with Crippen molar-refractivity contribution in [3.8, 4) is 44.5 Å². The summed E-state index contributed by atoms with van der Waals surface area (Å²) in [6, 6.07) is 72.4. The maximum absolute atomic E-state index is 14.2. The van der Waals surface area contributed by atoms with Gasteiger partial charge in [0.15, 0.2) is 11.4 Å². The van der Waals surface area contributed by atoms with E-state index in [2.05, 4.69) is 48.5 Å². The second kappa shape index (κ2) is 15.4. The number of benzene rings is 8. The molecule has 1 aliphatic heterocycles. The van der Waals surface area contributed by atoms with Crippen LogP contribution in [0.3, 0.4) is 0 Å². The zero-order valence-corrected chi connectivity index (χ0v) is 33.2. The lowest BCUT2D eigenvalue weighted by atomic mass is 9.60. The molecule has 0 amide bonds. The summed E-state index contributed by atoms with van der Waals surface area (Å²) in [5, 5.41) is 28.4. The number of hydrogen-bond donors (Lipinski definition) is 2. The van der Waals surface area contributed by atoms with Crippen LogP contribution in [0.1, 0.15) is 36.1 Å². The molecule has 4 heteroatoms. The summed E-state index contributed by atoms with van der Waals surface area (Å²) in [5.74, 6) is -1.19. The Kier molecular flexibility index (Phi) is 9.96. The van der Waals surface area contributed by atoms with Gasteiger partial charge in [-0.05, 0) is 80.6 Å². The summed E-state index contributed by atoms with van der Waals surface area (Å²) in [5.41, 5.74) is 4.57. The molecule has 0 aromatic heterocycles. The van der Waals surface area contributed by atoms with E-state index in [4.69, 9.17) is 9.47 Å². The van der Waals surface area contributed by atoms with E-state index in [1.165, 1.54) is 0 Å². The van der Waals surface area contributed by atoms with Crippen LogP contribution in [-0.2, 0) is 20.7 Å². The van der Waals surface area contributed by atoms with Gasteiger partial charge in [0.05, 0.1) is 6.61 Å². The highest BCUT2D eigenvalue weighted by atomic mass is 16.8. The fraction of sp³-hybridized carbons (Fsp3) is 0.127. The van der Waals surface area contributed by atoms with Gasteiger partial charge in [-0.15, -0.1) is 0 Å². The Morgan fingerprint density at radius 2 is 0.559 bits per heavy atom. The summed E-state index contributed by atoms with van der Waals surface area (Å²) in [4.78, 5) is 0. The monoisotopic (exact) mass is 770 g/mol. The molecule has 0 radical (unpaired) electrons. The molecule has 8 aromatic carbocycles. The third-order valence-corrected chi connectivity index (χ3v) is 11.9. The topological polar surface area (TPSA) is 58.9 Å². The van der Waals surface area contributed by atoms with E-state index in [-0.39, 0.29) is 6.61 Å². The van der Waals surface area contributed by atoms with E-state index >= 15 is 0 Å². The van der Waals surface area contributed by atoms with E-state index in [1.54, 1.807) is 0 Å². The van der Waals surface area contributed by atoms with Gasteiger partial charge >= 0.3 is 0 Å². The molecule has 0 spiro atoms. The van der Waals surface area contributed by atoms with Crippen molar-refractivity contribution >= 4 is 0 Å². The third kappa shape index (κ3) is 6.80. The highest BCUT2D eigenvalue weighted by Crippen LogP contribution is 2.58. The van der Waals surface area contributed by atoms with E-state index in [0.29, 0.717) is 22.3 Å². The minimum absolute atomic E-state index is 0.144. The van der Waals surface area contributed by atoms with E-state index in [0.717, 1.165) is 44.5 Å². The van der Waals surface area contributed by atoms with Crippen LogP contribution in [0.2, 0.25) is 0 Å². The SMILES string of the molecule is CC1(C)OCC(C(O)(c2ccc(-c3ccccc3)cc2)c2ccc(-c3ccccc3)cc2)(C(O)(c2ccc(-c3ccccc3)cc2)c2ccc(-c3ccccc3)cc2)O1. The van der Waals surface area contributed by atoms with Crippen LogP contribution < -0.4 is 0 Å². The third-order valence-electron chi connectivity index (χ3n) is 11.9. The van der Waals surface area contributed by atoms with Gasteiger partial charge in [0.25, 0.3) is 0 Å².